The first kappa shape index (κ1) is 26.7. The van der Waals surface area contributed by atoms with Gasteiger partial charge in [0, 0.05) is 12.6 Å². The van der Waals surface area contributed by atoms with Crippen molar-refractivity contribution < 1.29 is 33.3 Å². The number of nitrogens with one attached hydrogen (secondary N) is 1. The summed E-state index contributed by atoms with van der Waals surface area (Å²) in [5.74, 6) is 0.995. The summed E-state index contributed by atoms with van der Waals surface area (Å²) in [6.07, 6.45) is 0. The maximum absolute atomic E-state index is 14.1. The molecular formula is C29H32N2O7. The number of aryl methyl sites for hydroxylation is 1. The molecule has 0 fully saturated rings. The van der Waals surface area contributed by atoms with Crippen LogP contribution in [-0.4, -0.2) is 59.3 Å². The summed E-state index contributed by atoms with van der Waals surface area (Å²) in [4.78, 5) is 29.3. The van der Waals surface area contributed by atoms with Crippen molar-refractivity contribution in [2.45, 2.75) is 18.9 Å². The number of amides is 2. The Morgan fingerprint density at radius 1 is 0.763 bits per heavy atom. The van der Waals surface area contributed by atoms with Gasteiger partial charge < -0.3 is 33.9 Å². The highest BCUT2D eigenvalue weighted by Crippen LogP contribution is 2.47. The van der Waals surface area contributed by atoms with Crippen LogP contribution in [0.3, 0.4) is 0 Å². The predicted octanol–water partition coefficient (Wildman–Crippen LogP) is 4.59. The van der Waals surface area contributed by atoms with Crippen molar-refractivity contribution in [1.29, 1.82) is 0 Å². The zero-order chi connectivity index (χ0) is 27.6. The number of fused-ring (bicyclic) bond motifs is 1. The molecule has 9 nitrogen and oxygen atoms in total. The summed E-state index contributed by atoms with van der Waals surface area (Å²) in [5.41, 5.74) is 3.08. The summed E-state index contributed by atoms with van der Waals surface area (Å²) in [7, 11) is 9.33. The first-order valence-electron chi connectivity index (χ1n) is 12.0. The predicted molar refractivity (Wildman–Crippen MR) is 143 cm³/mol. The standard InChI is InChI=1S/C29H32N2O7/c1-16-8-10-21(34-3)20(12-16)30-28(32)26-18-14-24(37-6)25(38-7)15-19(18)29(33)31(2)27(26)17-9-11-22(35-4)23(13-17)36-5/h8-15,26-27H,1-7H3,(H,30,32). The molecule has 0 radical (unpaired) electrons. The van der Waals surface area contributed by atoms with Gasteiger partial charge in [-0.15, -0.1) is 0 Å². The molecule has 200 valence electrons. The lowest BCUT2D eigenvalue weighted by Gasteiger charge is -2.40. The Hall–Kier alpha value is -4.40. The Morgan fingerprint density at radius 3 is 1.97 bits per heavy atom. The minimum absolute atomic E-state index is 0.252. The monoisotopic (exact) mass is 520 g/mol. The summed E-state index contributed by atoms with van der Waals surface area (Å²) in [5, 5.41) is 3.04. The number of ether oxygens (including phenoxy) is 5. The second-order valence-corrected chi connectivity index (χ2v) is 8.94. The Labute approximate surface area is 222 Å². The van der Waals surface area contributed by atoms with Crippen LogP contribution < -0.4 is 29.0 Å². The van der Waals surface area contributed by atoms with E-state index < -0.39 is 12.0 Å². The van der Waals surface area contributed by atoms with Crippen molar-refractivity contribution in [2.75, 3.05) is 47.9 Å². The number of rotatable bonds is 8. The maximum Gasteiger partial charge on any atom is 0.254 e. The van der Waals surface area contributed by atoms with Gasteiger partial charge in [-0.3, -0.25) is 9.59 Å². The van der Waals surface area contributed by atoms with E-state index >= 15 is 0 Å². The highest BCUT2D eigenvalue weighted by Gasteiger charge is 2.44. The number of benzene rings is 3. The molecule has 0 aliphatic carbocycles. The Bertz CT molecular complexity index is 1370. The smallest absolute Gasteiger partial charge is 0.254 e. The van der Waals surface area contributed by atoms with Crippen molar-refractivity contribution >= 4 is 17.5 Å². The number of hydrogen-bond donors (Lipinski definition) is 1. The van der Waals surface area contributed by atoms with Crippen LogP contribution in [0.4, 0.5) is 5.69 Å². The van der Waals surface area contributed by atoms with Crippen LogP contribution in [0.15, 0.2) is 48.5 Å². The Balaban J connectivity index is 1.92. The minimum Gasteiger partial charge on any atom is -0.495 e. The molecule has 0 spiro atoms. The zero-order valence-corrected chi connectivity index (χ0v) is 22.6. The molecule has 1 aliphatic heterocycles. The van der Waals surface area contributed by atoms with Crippen LogP contribution in [-0.2, 0) is 4.79 Å². The van der Waals surface area contributed by atoms with Crippen LogP contribution in [0.1, 0.15) is 39.0 Å². The maximum atomic E-state index is 14.1. The van der Waals surface area contributed by atoms with Gasteiger partial charge in [-0.1, -0.05) is 12.1 Å². The zero-order valence-electron chi connectivity index (χ0n) is 22.6. The fourth-order valence-corrected chi connectivity index (χ4v) is 4.91. The molecule has 0 saturated carbocycles. The SMILES string of the molecule is COc1ccc(C)cc1NC(=O)C1c2cc(OC)c(OC)cc2C(=O)N(C)C1c1ccc(OC)c(OC)c1. The van der Waals surface area contributed by atoms with E-state index in [9.17, 15) is 9.59 Å². The molecule has 4 rings (SSSR count). The molecule has 38 heavy (non-hydrogen) atoms. The summed E-state index contributed by atoms with van der Waals surface area (Å²) >= 11 is 0. The van der Waals surface area contributed by atoms with Gasteiger partial charge in [-0.05, 0) is 60.0 Å². The van der Waals surface area contributed by atoms with Gasteiger partial charge >= 0.3 is 0 Å². The van der Waals surface area contributed by atoms with Crippen LogP contribution in [0.25, 0.3) is 0 Å². The number of likely N-dealkylation sites (N-methyl/N-ethyl adjacent to an activating group) is 1. The first-order chi connectivity index (χ1) is 18.3. The van der Waals surface area contributed by atoms with Gasteiger partial charge in [0.05, 0.1) is 53.2 Å². The molecule has 2 atom stereocenters. The van der Waals surface area contributed by atoms with Crippen molar-refractivity contribution in [3.8, 4) is 28.7 Å². The van der Waals surface area contributed by atoms with Crippen LogP contribution in [0.2, 0.25) is 0 Å². The topological polar surface area (TPSA) is 95.6 Å². The van der Waals surface area contributed by atoms with E-state index in [1.54, 1.807) is 56.5 Å². The average molecular weight is 521 g/mol. The van der Waals surface area contributed by atoms with Crippen molar-refractivity contribution in [3.63, 3.8) is 0 Å². The fourth-order valence-electron chi connectivity index (χ4n) is 4.91. The lowest BCUT2D eigenvalue weighted by atomic mass is 9.79. The molecule has 2 unspecified atom stereocenters. The molecule has 0 aromatic heterocycles. The molecule has 1 N–H and O–H groups in total. The number of anilines is 1. The lowest BCUT2D eigenvalue weighted by molar-refractivity contribution is -0.119. The number of carbonyl (C=O) groups is 2. The van der Waals surface area contributed by atoms with Gasteiger partial charge in [0.2, 0.25) is 5.91 Å². The van der Waals surface area contributed by atoms with E-state index in [1.165, 1.54) is 21.3 Å². The molecule has 3 aromatic carbocycles. The van der Waals surface area contributed by atoms with Gasteiger partial charge in [0.25, 0.3) is 5.91 Å². The highest BCUT2D eigenvalue weighted by atomic mass is 16.5. The van der Waals surface area contributed by atoms with Crippen molar-refractivity contribution in [2.24, 2.45) is 0 Å². The quantitative estimate of drug-likeness (QED) is 0.464. The number of methoxy groups -OCH3 is 5. The molecular weight excluding hydrogens is 488 g/mol. The van der Waals surface area contributed by atoms with Gasteiger partial charge in [-0.2, -0.15) is 0 Å². The normalized spacial score (nSPS) is 16.4. The third kappa shape index (κ3) is 4.67. The van der Waals surface area contributed by atoms with E-state index in [1.807, 2.05) is 25.1 Å². The first-order valence-corrected chi connectivity index (χ1v) is 12.0. The lowest BCUT2D eigenvalue weighted by Crippen LogP contribution is -2.44. The minimum atomic E-state index is -0.809. The number of carbonyl (C=O) groups excluding carboxylic acids is 2. The third-order valence-corrected chi connectivity index (χ3v) is 6.82. The molecule has 0 bridgehead atoms. The van der Waals surface area contributed by atoms with E-state index in [2.05, 4.69) is 5.32 Å². The third-order valence-electron chi connectivity index (χ3n) is 6.82. The van der Waals surface area contributed by atoms with Crippen molar-refractivity contribution in [3.05, 3.63) is 70.8 Å². The summed E-state index contributed by atoms with van der Waals surface area (Å²) in [6, 6.07) is 13.6. The highest BCUT2D eigenvalue weighted by molar-refractivity contribution is 6.05. The molecule has 2 amide bonds. The van der Waals surface area contributed by atoms with E-state index in [0.717, 1.165) is 5.56 Å². The van der Waals surface area contributed by atoms with E-state index in [-0.39, 0.29) is 11.8 Å². The Kier molecular flexibility index (Phi) is 7.66. The van der Waals surface area contributed by atoms with Gasteiger partial charge in [-0.25, -0.2) is 0 Å². The van der Waals surface area contributed by atoms with Gasteiger partial charge in [0.15, 0.2) is 23.0 Å². The molecule has 9 heteroatoms. The second kappa shape index (κ2) is 10.9. The van der Waals surface area contributed by atoms with E-state index in [4.69, 9.17) is 23.7 Å². The van der Waals surface area contributed by atoms with E-state index in [0.29, 0.717) is 51.1 Å². The largest absolute Gasteiger partial charge is 0.495 e. The number of hydrogen-bond acceptors (Lipinski definition) is 7. The summed E-state index contributed by atoms with van der Waals surface area (Å²) < 4.78 is 27.4. The van der Waals surface area contributed by atoms with Crippen molar-refractivity contribution in [1.82, 2.24) is 4.90 Å². The molecule has 3 aromatic rings. The second-order valence-electron chi connectivity index (χ2n) is 8.94. The summed E-state index contributed by atoms with van der Waals surface area (Å²) in [6.45, 7) is 1.93. The van der Waals surface area contributed by atoms with Crippen LogP contribution in [0, 0.1) is 6.92 Å². The average Bonchev–Trinajstić information content (AvgIpc) is 2.93. The molecule has 1 aliphatic rings. The van der Waals surface area contributed by atoms with Crippen LogP contribution >= 0.6 is 0 Å². The Morgan fingerprint density at radius 2 is 1.34 bits per heavy atom. The van der Waals surface area contributed by atoms with Gasteiger partial charge in [0.1, 0.15) is 5.75 Å². The fraction of sp³-hybridized carbons (Fsp3) is 0.310. The molecule has 0 saturated heterocycles. The molecule has 1 heterocycles. The van der Waals surface area contributed by atoms with Crippen LogP contribution in [0.5, 0.6) is 28.7 Å². The number of nitrogens with zero attached hydrogens (tertiary/aromatic N) is 1.